The molecular weight excluding hydrogens is 304 g/mol. The Bertz CT molecular complexity index is 529. The van der Waals surface area contributed by atoms with Gasteiger partial charge in [0.25, 0.3) is 0 Å². The number of halogens is 1. The topological polar surface area (TPSA) is 73.6 Å². The number of hydrogen-bond donors (Lipinski definition) is 2. The molecule has 3 N–H and O–H groups in total. The van der Waals surface area contributed by atoms with Crippen LogP contribution in [0.1, 0.15) is 33.3 Å². The first-order valence-corrected chi connectivity index (χ1v) is 7.50. The number of nitrogens with one attached hydrogen (secondary N) is 1. The van der Waals surface area contributed by atoms with E-state index in [0.717, 1.165) is 5.56 Å². The Labute approximate surface area is 137 Å². The maximum Gasteiger partial charge on any atom is 0.407 e. The number of ether oxygens (including phenoxy) is 2. The fourth-order valence-electron chi connectivity index (χ4n) is 2.02. The fourth-order valence-corrected chi connectivity index (χ4v) is 2.18. The van der Waals surface area contributed by atoms with Gasteiger partial charge in [-0.2, -0.15) is 0 Å². The minimum Gasteiger partial charge on any atom is -0.496 e. The van der Waals surface area contributed by atoms with Crippen molar-refractivity contribution in [2.24, 2.45) is 5.73 Å². The third kappa shape index (κ3) is 5.07. The van der Waals surface area contributed by atoms with Crippen molar-refractivity contribution in [3.8, 4) is 5.75 Å². The van der Waals surface area contributed by atoms with E-state index in [0.29, 0.717) is 23.9 Å². The molecule has 1 aromatic rings. The fraction of sp³-hybridized carbons (Fsp3) is 0.562. The largest absolute Gasteiger partial charge is 0.496 e. The number of benzene rings is 1. The SMILES string of the molecule is COc1cc(Cl)ccc1C(C)(CN)CNC(=O)OC(C)(C)C. The quantitative estimate of drug-likeness (QED) is 0.871. The normalized spacial score (nSPS) is 14.1. The van der Waals surface area contributed by atoms with Crippen molar-refractivity contribution in [3.05, 3.63) is 28.8 Å². The summed E-state index contributed by atoms with van der Waals surface area (Å²) in [4.78, 5) is 11.8. The maximum atomic E-state index is 11.8. The molecule has 0 aliphatic rings. The van der Waals surface area contributed by atoms with Gasteiger partial charge in [0, 0.05) is 29.1 Å². The number of methoxy groups -OCH3 is 1. The lowest BCUT2D eigenvalue weighted by molar-refractivity contribution is 0.0516. The van der Waals surface area contributed by atoms with E-state index >= 15 is 0 Å². The summed E-state index contributed by atoms with van der Waals surface area (Å²) in [6, 6.07) is 5.38. The molecular formula is C16H25ClN2O3. The van der Waals surface area contributed by atoms with Crippen LogP contribution in [0.5, 0.6) is 5.75 Å². The molecule has 0 aromatic heterocycles. The minimum absolute atomic E-state index is 0.330. The zero-order valence-electron chi connectivity index (χ0n) is 13.8. The molecule has 0 fully saturated rings. The van der Waals surface area contributed by atoms with Gasteiger partial charge in [-0.3, -0.25) is 0 Å². The first kappa shape index (κ1) is 18.6. The summed E-state index contributed by atoms with van der Waals surface area (Å²) >= 11 is 5.99. The number of carbonyl (C=O) groups excluding carboxylic acids is 1. The zero-order chi connectivity index (χ0) is 17.0. The molecule has 0 aliphatic carbocycles. The monoisotopic (exact) mass is 328 g/mol. The molecule has 1 atom stereocenters. The number of rotatable bonds is 5. The van der Waals surface area contributed by atoms with Crippen molar-refractivity contribution < 1.29 is 14.3 Å². The Kier molecular flexibility index (Phi) is 6.08. The Morgan fingerprint density at radius 3 is 2.45 bits per heavy atom. The number of hydrogen-bond acceptors (Lipinski definition) is 4. The summed E-state index contributed by atoms with van der Waals surface area (Å²) in [6.07, 6.45) is -0.472. The molecule has 6 heteroatoms. The molecule has 5 nitrogen and oxygen atoms in total. The van der Waals surface area contributed by atoms with Crippen LogP contribution in [0.3, 0.4) is 0 Å². The van der Waals surface area contributed by atoms with Crippen LogP contribution in [-0.4, -0.2) is 31.9 Å². The van der Waals surface area contributed by atoms with E-state index < -0.39 is 17.1 Å². The van der Waals surface area contributed by atoms with Gasteiger partial charge in [-0.1, -0.05) is 24.6 Å². The third-order valence-electron chi connectivity index (χ3n) is 3.29. The van der Waals surface area contributed by atoms with E-state index in [-0.39, 0.29) is 0 Å². The predicted molar refractivity (Wildman–Crippen MR) is 88.6 cm³/mol. The lowest BCUT2D eigenvalue weighted by Gasteiger charge is -2.31. The molecule has 0 aliphatic heterocycles. The first-order valence-electron chi connectivity index (χ1n) is 7.12. The van der Waals surface area contributed by atoms with E-state index in [1.165, 1.54) is 0 Å². The van der Waals surface area contributed by atoms with Crippen molar-refractivity contribution in [2.75, 3.05) is 20.2 Å². The molecule has 1 rings (SSSR count). The molecule has 1 amide bonds. The number of carbonyl (C=O) groups is 1. The average molecular weight is 329 g/mol. The summed E-state index contributed by atoms with van der Waals surface area (Å²) in [5.74, 6) is 0.645. The standard InChI is InChI=1S/C16H25ClN2O3/c1-15(2,3)22-14(20)19-10-16(4,9-18)12-7-6-11(17)8-13(12)21-5/h6-8H,9-10,18H2,1-5H3,(H,19,20). The summed E-state index contributed by atoms with van der Waals surface area (Å²) in [6.45, 7) is 8.07. The summed E-state index contributed by atoms with van der Waals surface area (Å²) < 4.78 is 10.6. The highest BCUT2D eigenvalue weighted by atomic mass is 35.5. The van der Waals surface area contributed by atoms with Gasteiger partial charge in [-0.05, 0) is 32.9 Å². The Balaban J connectivity index is 2.91. The van der Waals surface area contributed by atoms with Gasteiger partial charge in [0.1, 0.15) is 11.4 Å². The van der Waals surface area contributed by atoms with Crippen LogP contribution in [-0.2, 0) is 10.2 Å². The van der Waals surface area contributed by atoms with Gasteiger partial charge >= 0.3 is 6.09 Å². The number of alkyl carbamates (subject to hydrolysis) is 1. The van der Waals surface area contributed by atoms with E-state index in [2.05, 4.69) is 5.32 Å². The minimum atomic E-state index is -0.541. The Hall–Kier alpha value is -1.46. The predicted octanol–water partition coefficient (Wildman–Crippen LogP) is 3.09. The smallest absolute Gasteiger partial charge is 0.407 e. The van der Waals surface area contributed by atoms with E-state index in [1.807, 2.05) is 33.8 Å². The highest BCUT2D eigenvalue weighted by molar-refractivity contribution is 6.30. The van der Waals surface area contributed by atoms with Crippen molar-refractivity contribution in [1.82, 2.24) is 5.32 Å². The van der Waals surface area contributed by atoms with Crippen LogP contribution in [0.2, 0.25) is 5.02 Å². The van der Waals surface area contributed by atoms with Crippen LogP contribution in [0.4, 0.5) is 4.79 Å². The molecule has 0 saturated heterocycles. The Morgan fingerprint density at radius 2 is 1.95 bits per heavy atom. The van der Waals surface area contributed by atoms with Gasteiger partial charge in [0.05, 0.1) is 7.11 Å². The second-order valence-corrected chi connectivity index (χ2v) is 6.90. The van der Waals surface area contributed by atoms with Gasteiger partial charge in [0.15, 0.2) is 0 Å². The molecule has 0 spiro atoms. The molecule has 0 heterocycles. The number of nitrogens with two attached hydrogens (primary N) is 1. The molecule has 1 unspecified atom stereocenters. The van der Waals surface area contributed by atoms with Gasteiger partial charge in [0.2, 0.25) is 0 Å². The lowest BCUT2D eigenvalue weighted by Crippen LogP contribution is -2.45. The first-order chi connectivity index (χ1) is 10.1. The molecule has 1 aromatic carbocycles. The Morgan fingerprint density at radius 1 is 1.32 bits per heavy atom. The lowest BCUT2D eigenvalue weighted by atomic mass is 9.82. The van der Waals surface area contributed by atoms with Crippen LogP contribution < -0.4 is 15.8 Å². The molecule has 22 heavy (non-hydrogen) atoms. The highest BCUT2D eigenvalue weighted by Crippen LogP contribution is 2.33. The maximum absolute atomic E-state index is 11.8. The summed E-state index contributed by atoms with van der Waals surface area (Å²) in [5.41, 5.74) is 5.79. The zero-order valence-corrected chi connectivity index (χ0v) is 14.6. The average Bonchev–Trinajstić information content (AvgIpc) is 2.42. The molecule has 0 bridgehead atoms. The van der Waals surface area contributed by atoms with Crippen LogP contribution in [0, 0.1) is 0 Å². The van der Waals surface area contributed by atoms with E-state index in [1.54, 1.807) is 19.2 Å². The molecule has 0 radical (unpaired) electrons. The second-order valence-electron chi connectivity index (χ2n) is 6.46. The molecule has 124 valence electrons. The molecule has 0 saturated carbocycles. The van der Waals surface area contributed by atoms with E-state index in [4.69, 9.17) is 26.8 Å². The van der Waals surface area contributed by atoms with Gasteiger partial charge in [-0.15, -0.1) is 0 Å². The summed E-state index contributed by atoms with van der Waals surface area (Å²) in [5, 5.41) is 3.35. The third-order valence-corrected chi connectivity index (χ3v) is 3.52. The highest BCUT2D eigenvalue weighted by Gasteiger charge is 2.30. The summed E-state index contributed by atoms with van der Waals surface area (Å²) in [7, 11) is 1.58. The van der Waals surface area contributed by atoms with E-state index in [9.17, 15) is 4.79 Å². The van der Waals surface area contributed by atoms with Crippen molar-refractivity contribution in [2.45, 2.75) is 38.7 Å². The van der Waals surface area contributed by atoms with Gasteiger partial charge < -0.3 is 20.5 Å². The van der Waals surface area contributed by atoms with Crippen molar-refractivity contribution in [3.63, 3.8) is 0 Å². The van der Waals surface area contributed by atoms with Crippen molar-refractivity contribution in [1.29, 1.82) is 0 Å². The van der Waals surface area contributed by atoms with Crippen LogP contribution in [0.25, 0.3) is 0 Å². The number of amides is 1. The van der Waals surface area contributed by atoms with Crippen LogP contribution >= 0.6 is 11.6 Å². The van der Waals surface area contributed by atoms with Crippen LogP contribution in [0.15, 0.2) is 18.2 Å². The van der Waals surface area contributed by atoms with Crippen molar-refractivity contribution >= 4 is 17.7 Å². The van der Waals surface area contributed by atoms with Gasteiger partial charge in [-0.25, -0.2) is 4.79 Å². The second kappa shape index (κ2) is 7.20.